The van der Waals surface area contributed by atoms with E-state index in [2.05, 4.69) is 0 Å². The van der Waals surface area contributed by atoms with Crippen molar-refractivity contribution >= 4 is 11.9 Å². The average molecular weight is 276 g/mol. The number of ether oxygens (including phenoxy) is 1. The van der Waals surface area contributed by atoms with E-state index in [1.54, 1.807) is 24.3 Å². The molecular formula is C14H12O6. The standard InChI is InChI=1S/C14H12O6/c15-12(16)7-9-3-1-2-4-11(9)20-8-10-5-6-19-13(10)14(17)18/h1-6H,7-8H2,(H,15,16)(H,17,18). The van der Waals surface area contributed by atoms with E-state index in [4.69, 9.17) is 19.4 Å². The Balaban J connectivity index is 2.13. The van der Waals surface area contributed by atoms with Gasteiger partial charge in [0.1, 0.15) is 12.4 Å². The van der Waals surface area contributed by atoms with Crippen LogP contribution in [-0.4, -0.2) is 22.2 Å². The molecule has 0 saturated carbocycles. The lowest BCUT2D eigenvalue weighted by molar-refractivity contribution is -0.136. The Kier molecular flexibility index (Phi) is 4.05. The van der Waals surface area contributed by atoms with Crippen LogP contribution in [0.25, 0.3) is 0 Å². The van der Waals surface area contributed by atoms with Crippen LogP contribution >= 0.6 is 0 Å². The number of carbonyl (C=O) groups is 2. The van der Waals surface area contributed by atoms with Gasteiger partial charge in [-0.2, -0.15) is 0 Å². The molecule has 0 atom stereocenters. The molecule has 0 aliphatic heterocycles. The third-order valence-corrected chi connectivity index (χ3v) is 2.64. The number of hydrogen-bond donors (Lipinski definition) is 2. The largest absolute Gasteiger partial charge is 0.488 e. The summed E-state index contributed by atoms with van der Waals surface area (Å²) < 4.78 is 10.3. The van der Waals surface area contributed by atoms with Crippen LogP contribution in [0, 0.1) is 0 Å². The maximum absolute atomic E-state index is 10.9. The van der Waals surface area contributed by atoms with Gasteiger partial charge in [-0.05, 0) is 12.1 Å². The Bertz CT molecular complexity index is 628. The molecular weight excluding hydrogens is 264 g/mol. The molecule has 0 aliphatic carbocycles. The Morgan fingerprint density at radius 3 is 2.55 bits per heavy atom. The zero-order chi connectivity index (χ0) is 14.5. The van der Waals surface area contributed by atoms with Gasteiger partial charge in [0.15, 0.2) is 0 Å². The number of furan rings is 1. The van der Waals surface area contributed by atoms with Crippen LogP contribution < -0.4 is 4.74 Å². The molecule has 6 nitrogen and oxygen atoms in total. The highest BCUT2D eigenvalue weighted by Gasteiger charge is 2.15. The second kappa shape index (κ2) is 5.92. The molecule has 0 fully saturated rings. The van der Waals surface area contributed by atoms with E-state index in [-0.39, 0.29) is 18.8 Å². The molecule has 0 radical (unpaired) electrons. The molecule has 0 bridgehead atoms. The molecule has 2 N–H and O–H groups in total. The van der Waals surface area contributed by atoms with Crippen molar-refractivity contribution in [3.8, 4) is 5.75 Å². The lowest BCUT2D eigenvalue weighted by Crippen LogP contribution is -2.06. The minimum absolute atomic E-state index is 0.00519. The van der Waals surface area contributed by atoms with Crippen LogP contribution in [0.4, 0.5) is 0 Å². The number of para-hydroxylation sites is 1. The summed E-state index contributed by atoms with van der Waals surface area (Å²) in [6.07, 6.45) is 1.11. The van der Waals surface area contributed by atoms with Gasteiger partial charge in [-0.1, -0.05) is 18.2 Å². The van der Waals surface area contributed by atoms with E-state index in [1.807, 2.05) is 0 Å². The van der Waals surface area contributed by atoms with Gasteiger partial charge >= 0.3 is 11.9 Å². The number of rotatable bonds is 6. The topological polar surface area (TPSA) is 97.0 Å². The molecule has 0 saturated heterocycles. The summed E-state index contributed by atoms with van der Waals surface area (Å²) in [6.45, 7) is -0.00519. The van der Waals surface area contributed by atoms with Gasteiger partial charge in [0.25, 0.3) is 0 Å². The van der Waals surface area contributed by atoms with Crippen LogP contribution in [0.1, 0.15) is 21.7 Å². The predicted molar refractivity (Wildman–Crippen MR) is 67.8 cm³/mol. The molecule has 0 unspecified atom stereocenters. The first kappa shape index (κ1) is 13.7. The van der Waals surface area contributed by atoms with Crippen molar-refractivity contribution < 1.29 is 29.0 Å². The van der Waals surface area contributed by atoms with Crippen molar-refractivity contribution in [1.29, 1.82) is 0 Å². The molecule has 2 rings (SSSR count). The predicted octanol–water partition coefficient (Wildman–Crippen LogP) is 2.18. The summed E-state index contributed by atoms with van der Waals surface area (Å²) in [6, 6.07) is 8.22. The molecule has 20 heavy (non-hydrogen) atoms. The van der Waals surface area contributed by atoms with E-state index < -0.39 is 11.9 Å². The number of aliphatic carboxylic acids is 1. The van der Waals surface area contributed by atoms with Gasteiger partial charge in [-0.15, -0.1) is 0 Å². The van der Waals surface area contributed by atoms with Crippen LogP contribution in [0.15, 0.2) is 41.0 Å². The normalized spacial score (nSPS) is 10.2. The lowest BCUT2D eigenvalue weighted by atomic mass is 10.1. The highest BCUT2D eigenvalue weighted by atomic mass is 16.5. The van der Waals surface area contributed by atoms with Crippen LogP contribution in [0.5, 0.6) is 5.75 Å². The second-order valence-corrected chi connectivity index (χ2v) is 4.05. The summed E-state index contributed by atoms with van der Waals surface area (Å²) in [5, 5.41) is 17.7. The quantitative estimate of drug-likeness (QED) is 0.839. The average Bonchev–Trinajstić information content (AvgIpc) is 2.85. The van der Waals surface area contributed by atoms with Gasteiger partial charge in [0.2, 0.25) is 5.76 Å². The molecule has 104 valence electrons. The summed E-state index contributed by atoms with van der Waals surface area (Å²) in [7, 11) is 0. The molecule has 1 aromatic heterocycles. The molecule has 0 spiro atoms. The molecule has 2 aromatic rings. The smallest absolute Gasteiger partial charge is 0.372 e. The van der Waals surface area contributed by atoms with Gasteiger partial charge < -0.3 is 19.4 Å². The third-order valence-electron chi connectivity index (χ3n) is 2.64. The molecule has 1 aromatic carbocycles. The Morgan fingerprint density at radius 1 is 1.10 bits per heavy atom. The first-order valence-electron chi connectivity index (χ1n) is 5.80. The number of carboxylic acid groups (broad SMARTS) is 2. The summed E-state index contributed by atoms with van der Waals surface area (Å²) in [5.41, 5.74) is 0.919. The van der Waals surface area contributed by atoms with E-state index in [0.717, 1.165) is 0 Å². The maximum atomic E-state index is 10.9. The fourth-order valence-electron chi connectivity index (χ4n) is 1.75. The number of hydrogen-bond acceptors (Lipinski definition) is 4. The van der Waals surface area contributed by atoms with Crippen molar-refractivity contribution in [1.82, 2.24) is 0 Å². The van der Waals surface area contributed by atoms with Crippen LogP contribution in [0.2, 0.25) is 0 Å². The molecule has 0 aliphatic rings. The zero-order valence-corrected chi connectivity index (χ0v) is 10.4. The van der Waals surface area contributed by atoms with Crippen LogP contribution in [-0.2, 0) is 17.8 Å². The van der Waals surface area contributed by atoms with Crippen LogP contribution in [0.3, 0.4) is 0 Å². The minimum atomic E-state index is -1.17. The van der Waals surface area contributed by atoms with Crippen molar-refractivity contribution in [2.24, 2.45) is 0 Å². The van der Waals surface area contributed by atoms with Crippen molar-refractivity contribution in [3.63, 3.8) is 0 Å². The highest BCUT2D eigenvalue weighted by molar-refractivity contribution is 5.86. The van der Waals surface area contributed by atoms with E-state index >= 15 is 0 Å². The summed E-state index contributed by atoms with van der Waals surface area (Å²) in [5.74, 6) is -1.91. The van der Waals surface area contributed by atoms with Gasteiger partial charge in [-0.3, -0.25) is 4.79 Å². The fourth-order valence-corrected chi connectivity index (χ4v) is 1.75. The molecule has 1 heterocycles. The second-order valence-electron chi connectivity index (χ2n) is 4.05. The monoisotopic (exact) mass is 276 g/mol. The first-order valence-corrected chi connectivity index (χ1v) is 5.80. The van der Waals surface area contributed by atoms with Gasteiger partial charge in [0, 0.05) is 11.1 Å². The van der Waals surface area contributed by atoms with Crippen molar-refractivity contribution in [3.05, 3.63) is 53.5 Å². The van der Waals surface area contributed by atoms with E-state index in [1.165, 1.54) is 12.3 Å². The Labute approximate surface area is 114 Å². The maximum Gasteiger partial charge on any atom is 0.372 e. The Morgan fingerprint density at radius 2 is 1.85 bits per heavy atom. The summed E-state index contributed by atoms with van der Waals surface area (Å²) >= 11 is 0. The third kappa shape index (κ3) is 3.17. The number of aromatic carboxylic acids is 1. The van der Waals surface area contributed by atoms with Crippen molar-refractivity contribution in [2.45, 2.75) is 13.0 Å². The fraction of sp³-hybridized carbons (Fsp3) is 0.143. The highest BCUT2D eigenvalue weighted by Crippen LogP contribution is 2.21. The van der Waals surface area contributed by atoms with E-state index in [9.17, 15) is 9.59 Å². The lowest BCUT2D eigenvalue weighted by Gasteiger charge is -2.09. The number of carboxylic acids is 2. The summed E-state index contributed by atoms with van der Waals surface area (Å²) in [4.78, 5) is 21.6. The minimum Gasteiger partial charge on any atom is -0.488 e. The van der Waals surface area contributed by atoms with Crippen molar-refractivity contribution in [2.75, 3.05) is 0 Å². The Hall–Kier alpha value is -2.76. The van der Waals surface area contributed by atoms with E-state index in [0.29, 0.717) is 16.9 Å². The first-order chi connectivity index (χ1) is 9.58. The SMILES string of the molecule is O=C(O)Cc1ccccc1OCc1ccoc1C(=O)O. The van der Waals surface area contributed by atoms with Gasteiger partial charge in [0.05, 0.1) is 12.7 Å². The number of benzene rings is 1. The van der Waals surface area contributed by atoms with Gasteiger partial charge in [-0.25, -0.2) is 4.79 Å². The molecule has 6 heteroatoms. The zero-order valence-electron chi connectivity index (χ0n) is 10.4. The molecule has 0 amide bonds.